The fraction of sp³-hybridized carbons (Fsp3) is 0.188. The molecule has 0 aliphatic rings. The maximum absolute atomic E-state index is 12.5. The fourth-order valence-electron chi connectivity index (χ4n) is 2.29. The van der Waals surface area contributed by atoms with Gasteiger partial charge in [0, 0.05) is 9.77 Å². The smallest absolute Gasteiger partial charge is 0.252 e. The van der Waals surface area contributed by atoms with Gasteiger partial charge in [-0.25, -0.2) is 0 Å². The summed E-state index contributed by atoms with van der Waals surface area (Å²) in [5, 5.41) is 11.0. The van der Waals surface area contributed by atoms with Gasteiger partial charge in [-0.3, -0.25) is 9.20 Å². The molecule has 3 rings (SSSR count). The van der Waals surface area contributed by atoms with Crippen LogP contribution in [0, 0.1) is 3.57 Å². The third-order valence-electron chi connectivity index (χ3n) is 3.51. The molecule has 0 saturated heterocycles. The molecule has 0 saturated carbocycles. The molecule has 0 fully saturated rings. The molecule has 7 nitrogen and oxygen atoms in total. The Balaban J connectivity index is 1.80. The molecule has 3 aromatic rings. The minimum atomic E-state index is -0.215. The van der Waals surface area contributed by atoms with Crippen molar-refractivity contribution in [3.05, 3.63) is 51.5 Å². The number of rotatable bonds is 5. The highest BCUT2D eigenvalue weighted by molar-refractivity contribution is 14.1. The monoisotopic (exact) mass is 438 g/mol. The van der Waals surface area contributed by atoms with E-state index < -0.39 is 0 Å². The van der Waals surface area contributed by atoms with Crippen LogP contribution in [0.3, 0.4) is 0 Å². The Morgan fingerprint density at radius 3 is 2.71 bits per heavy atom. The van der Waals surface area contributed by atoms with Crippen molar-refractivity contribution >= 4 is 34.1 Å². The summed E-state index contributed by atoms with van der Waals surface area (Å²) in [5.41, 5.74) is 1.25. The molecule has 24 heavy (non-hydrogen) atoms. The topological polar surface area (TPSA) is 77.8 Å². The summed E-state index contributed by atoms with van der Waals surface area (Å²) in [5.74, 6) is 1.54. The molecule has 124 valence electrons. The Bertz CT molecular complexity index is 894. The fourth-order valence-corrected chi connectivity index (χ4v) is 2.98. The number of aromatic nitrogens is 3. The van der Waals surface area contributed by atoms with Crippen LogP contribution in [-0.2, 0) is 6.54 Å². The molecule has 0 aliphatic carbocycles. The lowest BCUT2D eigenvalue weighted by Crippen LogP contribution is -2.25. The standard InChI is InChI=1S/C16H15IN4O3/c1-23-12-7-10(11(17)8-13(12)24-2)16(22)18-9-15-20-19-14-5-3-4-6-21(14)15/h3-8H,9H2,1-2H3,(H,18,22). The zero-order valence-corrected chi connectivity index (χ0v) is 15.3. The molecule has 0 atom stereocenters. The molecule has 0 aliphatic heterocycles. The SMILES string of the molecule is COc1cc(I)c(C(=O)NCc2nnc3ccccn23)cc1OC. The highest BCUT2D eigenvalue weighted by atomic mass is 127. The van der Waals surface area contributed by atoms with E-state index >= 15 is 0 Å². The van der Waals surface area contributed by atoms with Crippen LogP contribution >= 0.6 is 22.6 Å². The van der Waals surface area contributed by atoms with Crippen molar-refractivity contribution in [1.82, 2.24) is 19.9 Å². The number of benzene rings is 1. The van der Waals surface area contributed by atoms with Crippen LogP contribution < -0.4 is 14.8 Å². The van der Waals surface area contributed by atoms with E-state index in [4.69, 9.17) is 9.47 Å². The molecule has 2 aromatic heterocycles. The number of hydrogen-bond acceptors (Lipinski definition) is 5. The van der Waals surface area contributed by atoms with Crippen LogP contribution in [0.15, 0.2) is 36.5 Å². The van der Waals surface area contributed by atoms with E-state index in [0.717, 1.165) is 9.22 Å². The number of pyridine rings is 1. The maximum Gasteiger partial charge on any atom is 0.252 e. The van der Waals surface area contributed by atoms with Gasteiger partial charge in [0.2, 0.25) is 0 Å². The number of ether oxygens (including phenoxy) is 2. The van der Waals surface area contributed by atoms with Crippen LogP contribution in [-0.4, -0.2) is 34.7 Å². The number of carbonyl (C=O) groups is 1. The van der Waals surface area contributed by atoms with Gasteiger partial charge in [-0.2, -0.15) is 0 Å². The number of methoxy groups -OCH3 is 2. The van der Waals surface area contributed by atoms with Crippen molar-refractivity contribution < 1.29 is 14.3 Å². The van der Waals surface area contributed by atoms with Crippen LogP contribution in [0.1, 0.15) is 16.2 Å². The lowest BCUT2D eigenvalue weighted by Gasteiger charge is -2.12. The van der Waals surface area contributed by atoms with Gasteiger partial charge in [0.1, 0.15) is 0 Å². The second-order valence-corrected chi connectivity index (χ2v) is 6.08. The molecular formula is C16H15IN4O3. The van der Waals surface area contributed by atoms with Crippen LogP contribution in [0.25, 0.3) is 5.65 Å². The van der Waals surface area contributed by atoms with Gasteiger partial charge in [0.25, 0.3) is 5.91 Å². The minimum Gasteiger partial charge on any atom is -0.493 e. The summed E-state index contributed by atoms with van der Waals surface area (Å²) < 4.78 is 13.1. The zero-order valence-electron chi connectivity index (χ0n) is 13.1. The molecular weight excluding hydrogens is 423 g/mol. The van der Waals surface area contributed by atoms with Crippen molar-refractivity contribution in [2.45, 2.75) is 6.54 Å². The van der Waals surface area contributed by atoms with Gasteiger partial charge in [-0.05, 0) is 46.9 Å². The second-order valence-electron chi connectivity index (χ2n) is 4.91. The summed E-state index contributed by atoms with van der Waals surface area (Å²) >= 11 is 2.10. The van der Waals surface area contributed by atoms with E-state index in [2.05, 4.69) is 38.1 Å². The number of amides is 1. The lowest BCUT2D eigenvalue weighted by molar-refractivity contribution is 0.0948. The number of carbonyl (C=O) groups excluding carboxylic acids is 1. The Morgan fingerprint density at radius 1 is 1.21 bits per heavy atom. The summed E-state index contributed by atoms with van der Waals surface area (Å²) in [7, 11) is 3.10. The first kappa shape index (κ1) is 16.5. The van der Waals surface area contributed by atoms with Crippen molar-refractivity contribution in [3.63, 3.8) is 0 Å². The molecule has 1 N–H and O–H groups in total. The van der Waals surface area contributed by atoms with E-state index in [9.17, 15) is 4.79 Å². The average Bonchev–Trinajstić information content (AvgIpc) is 3.02. The molecule has 1 amide bonds. The van der Waals surface area contributed by atoms with Gasteiger partial charge in [-0.1, -0.05) is 6.07 Å². The van der Waals surface area contributed by atoms with Crippen molar-refractivity contribution in [3.8, 4) is 11.5 Å². The minimum absolute atomic E-state index is 0.215. The third-order valence-corrected chi connectivity index (χ3v) is 4.40. The van der Waals surface area contributed by atoms with Crippen molar-refractivity contribution in [1.29, 1.82) is 0 Å². The predicted octanol–water partition coefficient (Wildman–Crippen LogP) is 2.28. The summed E-state index contributed by atoms with van der Waals surface area (Å²) in [6, 6.07) is 9.06. The Hall–Kier alpha value is -2.36. The Kier molecular flexibility index (Phi) is 4.84. The number of fused-ring (bicyclic) bond motifs is 1. The first-order valence-electron chi connectivity index (χ1n) is 7.12. The molecule has 0 bridgehead atoms. The van der Waals surface area contributed by atoms with Crippen LogP contribution in [0.2, 0.25) is 0 Å². The van der Waals surface area contributed by atoms with Gasteiger partial charge >= 0.3 is 0 Å². The number of nitrogens with zero attached hydrogens (tertiary/aromatic N) is 3. The van der Waals surface area contributed by atoms with Crippen LogP contribution in [0.5, 0.6) is 11.5 Å². The highest BCUT2D eigenvalue weighted by Crippen LogP contribution is 2.31. The van der Waals surface area contributed by atoms with Crippen molar-refractivity contribution in [2.24, 2.45) is 0 Å². The third kappa shape index (κ3) is 3.14. The Morgan fingerprint density at radius 2 is 1.96 bits per heavy atom. The van der Waals surface area contributed by atoms with Crippen molar-refractivity contribution in [2.75, 3.05) is 14.2 Å². The quantitative estimate of drug-likeness (QED) is 0.619. The molecule has 8 heteroatoms. The zero-order chi connectivity index (χ0) is 17.1. The van der Waals surface area contributed by atoms with E-state index in [1.165, 1.54) is 7.11 Å². The van der Waals surface area contributed by atoms with E-state index in [-0.39, 0.29) is 12.5 Å². The first-order valence-corrected chi connectivity index (χ1v) is 8.20. The maximum atomic E-state index is 12.5. The van der Waals surface area contributed by atoms with Gasteiger partial charge in [0.05, 0.1) is 26.3 Å². The molecule has 0 spiro atoms. The average molecular weight is 438 g/mol. The normalized spacial score (nSPS) is 10.6. The molecule has 0 radical (unpaired) electrons. The Labute approximate surface area is 152 Å². The lowest BCUT2D eigenvalue weighted by atomic mass is 10.2. The van der Waals surface area contributed by atoms with E-state index in [1.807, 2.05) is 28.8 Å². The first-order chi connectivity index (χ1) is 11.6. The number of nitrogens with one attached hydrogen (secondary N) is 1. The largest absolute Gasteiger partial charge is 0.493 e. The van der Waals surface area contributed by atoms with Gasteiger partial charge < -0.3 is 14.8 Å². The predicted molar refractivity (Wildman–Crippen MR) is 96.4 cm³/mol. The number of halogens is 1. The van der Waals surface area contributed by atoms with Crippen LogP contribution in [0.4, 0.5) is 0 Å². The summed E-state index contributed by atoms with van der Waals surface area (Å²) in [6.07, 6.45) is 1.86. The molecule has 2 heterocycles. The molecule has 0 unspecified atom stereocenters. The summed E-state index contributed by atoms with van der Waals surface area (Å²) in [4.78, 5) is 12.5. The van der Waals surface area contributed by atoms with E-state index in [0.29, 0.717) is 22.9 Å². The molecule has 1 aromatic carbocycles. The highest BCUT2D eigenvalue weighted by Gasteiger charge is 2.16. The number of hydrogen-bond donors (Lipinski definition) is 1. The van der Waals surface area contributed by atoms with E-state index in [1.54, 1.807) is 19.2 Å². The summed E-state index contributed by atoms with van der Waals surface area (Å²) in [6.45, 7) is 0.272. The second kappa shape index (κ2) is 7.04. The van der Waals surface area contributed by atoms with Gasteiger partial charge in [-0.15, -0.1) is 10.2 Å². The van der Waals surface area contributed by atoms with Gasteiger partial charge in [0.15, 0.2) is 23.0 Å².